The summed E-state index contributed by atoms with van der Waals surface area (Å²) in [5.74, 6) is -0.145. The van der Waals surface area contributed by atoms with Crippen LogP contribution in [0.4, 0.5) is 0 Å². The summed E-state index contributed by atoms with van der Waals surface area (Å²) in [4.78, 5) is 24.8. The van der Waals surface area contributed by atoms with Crippen molar-refractivity contribution in [2.24, 2.45) is 5.92 Å². The Bertz CT molecular complexity index is 483. The van der Waals surface area contributed by atoms with E-state index in [1.165, 1.54) is 6.92 Å². The van der Waals surface area contributed by atoms with Crippen LogP contribution in [-0.4, -0.2) is 35.1 Å². The monoisotopic (exact) mass is 293 g/mol. The summed E-state index contributed by atoms with van der Waals surface area (Å²) >= 11 is 0. The fourth-order valence-corrected chi connectivity index (χ4v) is 2.89. The Hall–Kier alpha value is -1.62. The summed E-state index contributed by atoms with van der Waals surface area (Å²) in [6, 6.07) is 0. The van der Waals surface area contributed by atoms with Crippen LogP contribution in [0.3, 0.4) is 0 Å². The molecule has 21 heavy (non-hydrogen) atoms. The van der Waals surface area contributed by atoms with Crippen LogP contribution in [0, 0.1) is 5.92 Å². The highest BCUT2D eigenvalue weighted by Crippen LogP contribution is 2.34. The minimum Gasteiger partial charge on any atom is -0.457 e. The minimum absolute atomic E-state index is 0.0452. The van der Waals surface area contributed by atoms with Crippen LogP contribution in [0.25, 0.3) is 0 Å². The van der Waals surface area contributed by atoms with Gasteiger partial charge in [-0.3, -0.25) is 9.59 Å². The van der Waals surface area contributed by atoms with Gasteiger partial charge < -0.3 is 14.4 Å². The second-order valence-corrected chi connectivity index (χ2v) is 5.65. The van der Waals surface area contributed by atoms with E-state index in [-0.39, 0.29) is 36.1 Å². The van der Waals surface area contributed by atoms with E-state index >= 15 is 0 Å². The Labute approximate surface area is 125 Å². The maximum Gasteiger partial charge on any atom is 0.303 e. The van der Waals surface area contributed by atoms with Gasteiger partial charge in [-0.15, -0.1) is 0 Å². The smallest absolute Gasteiger partial charge is 0.303 e. The highest BCUT2D eigenvalue weighted by molar-refractivity contribution is 5.93. The molecular formula is C16H23NO4. The van der Waals surface area contributed by atoms with E-state index in [4.69, 9.17) is 9.47 Å². The number of nitrogens with zero attached hydrogens (tertiary/aromatic N) is 1. The molecule has 2 aliphatic heterocycles. The molecule has 0 N–H and O–H groups in total. The van der Waals surface area contributed by atoms with Gasteiger partial charge in [0, 0.05) is 30.8 Å². The molecular weight excluding hydrogens is 270 g/mol. The molecule has 0 aromatic heterocycles. The first-order valence-corrected chi connectivity index (χ1v) is 7.42. The molecule has 1 fully saturated rings. The van der Waals surface area contributed by atoms with Crippen LogP contribution < -0.4 is 0 Å². The van der Waals surface area contributed by atoms with Crippen molar-refractivity contribution in [1.82, 2.24) is 4.90 Å². The van der Waals surface area contributed by atoms with E-state index in [0.717, 1.165) is 12.0 Å². The van der Waals surface area contributed by atoms with Crippen molar-refractivity contribution in [3.05, 3.63) is 24.0 Å². The van der Waals surface area contributed by atoms with Crippen LogP contribution in [0.2, 0.25) is 0 Å². The van der Waals surface area contributed by atoms with Crippen molar-refractivity contribution >= 4 is 11.8 Å². The zero-order chi connectivity index (χ0) is 15.6. The third kappa shape index (κ3) is 3.35. The molecule has 0 aromatic carbocycles. The molecule has 5 heteroatoms. The number of rotatable bonds is 4. The topological polar surface area (TPSA) is 55.8 Å². The van der Waals surface area contributed by atoms with Gasteiger partial charge in [-0.2, -0.15) is 0 Å². The number of Topliss-reactive ketones (excluding diaryl/α,β-unsaturated/α-hetero) is 1. The van der Waals surface area contributed by atoms with E-state index in [0.29, 0.717) is 6.42 Å². The van der Waals surface area contributed by atoms with Crippen molar-refractivity contribution in [2.45, 2.75) is 59.0 Å². The predicted octanol–water partition coefficient (Wildman–Crippen LogP) is 2.38. The maximum absolute atomic E-state index is 11.5. The van der Waals surface area contributed by atoms with E-state index < -0.39 is 0 Å². The van der Waals surface area contributed by atoms with Crippen molar-refractivity contribution in [3.63, 3.8) is 0 Å². The van der Waals surface area contributed by atoms with Crippen LogP contribution in [0.15, 0.2) is 24.0 Å². The minimum atomic E-state index is -0.375. The third-order valence-corrected chi connectivity index (χ3v) is 4.07. The Morgan fingerprint density at radius 1 is 1.43 bits per heavy atom. The van der Waals surface area contributed by atoms with E-state index in [2.05, 4.69) is 6.92 Å². The molecule has 0 aliphatic carbocycles. The number of ketones is 1. The molecule has 4 atom stereocenters. The third-order valence-electron chi connectivity index (χ3n) is 4.07. The van der Waals surface area contributed by atoms with Gasteiger partial charge in [-0.1, -0.05) is 19.9 Å². The fraction of sp³-hybridized carbons (Fsp3) is 0.625. The zero-order valence-corrected chi connectivity index (χ0v) is 13.0. The molecule has 2 rings (SSSR count). The van der Waals surface area contributed by atoms with Crippen molar-refractivity contribution in [1.29, 1.82) is 0 Å². The molecule has 0 spiro atoms. The fourth-order valence-electron chi connectivity index (χ4n) is 2.89. The van der Waals surface area contributed by atoms with Gasteiger partial charge in [0.25, 0.3) is 0 Å². The van der Waals surface area contributed by atoms with Crippen LogP contribution >= 0.6 is 0 Å². The van der Waals surface area contributed by atoms with Crippen molar-refractivity contribution < 1.29 is 19.1 Å². The Kier molecular flexibility index (Phi) is 4.83. The normalized spacial score (nSPS) is 32.0. The highest BCUT2D eigenvalue weighted by Gasteiger charge is 2.45. The molecule has 2 heterocycles. The lowest BCUT2D eigenvalue weighted by molar-refractivity contribution is -0.154. The van der Waals surface area contributed by atoms with Crippen LogP contribution in [0.1, 0.15) is 40.5 Å². The number of carbonyl (C=O) groups is 2. The quantitative estimate of drug-likeness (QED) is 0.745. The average Bonchev–Trinajstić information content (AvgIpc) is 2.75. The largest absolute Gasteiger partial charge is 0.457 e. The second-order valence-electron chi connectivity index (χ2n) is 5.65. The summed E-state index contributed by atoms with van der Waals surface area (Å²) in [7, 11) is 0. The lowest BCUT2D eigenvalue weighted by Crippen LogP contribution is -2.40. The Morgan fingerprint density at radius 3 is 2.71 bits per heavy atom. The van der Waals surface area contributed by atoms with E-state index in [1.807, 2.05) is 24.1 Å². The number of hydrogen-bond donors (Lipinski definition) is 0. The lowest BCUT2D eigenvalue weighted by Gasteiger charge is -2.30. The van der Waals surface area contributed by atoms with Gasteiger partial charge in [0.05, 0.1) is 6.10 Å². The number of hydrogen-bond acceptors (Lipinski definition) is 5. The summed E-state index contributed by atoms with van der Waals surface area (Å²) in [5.41, 5.74) is 0.732. The molecule has 0 amide bonds. The van der Waals surface area contributed by atoms with Gasteiger partial charge in [0.1, 0.15) is 0 Å². The van der Waals surface area contributed by atoms with Gasteiger partial charge >= 0.3 is 5.97 Å². The molecule has 116 valence electrons. The molecule has 0 radical (unpaired) electrons. The van der Waals surface area contributed by atoms with Crippen molar-refractivity contribution in [3.8, 4) is 0 Å². The van der Waals surface area contributed by atoms with Gasteiger partial charge in [-0.25, -0.2) is 0 Å². The predicted molar refractivity (Wildman–Crippen MR) is 78.0 cm³/mol. The molecule has 0 bridgehead atoms. The number of esters is 1. The first-order valence-electron chi connectivity index (χ1n) is 7.42. The number of ether oxygens (including phenoxy) is 2. The molecule has 0 unspecified atom stereocenters. The van der Waals surface area contributed by atoms with Gasteiger partial charge in [0.15, 0.2) is 18.1 Å². The highest BCUT2D eigenvalue weighted by atomic mass is 16.6. The lowest BCUT2D eigenvalue weighted by atomic mass is 9.98. The molecule has 0 aromatic rings. The standard InChI is InChI=1S/C16H23NO4/c1-5-14-10(2)15(20-12(4)19)16(21-14)17-8-6-7-13(9-17)11(3)18/h6,8-10,14-16H,5,7H2,1-4H3/t10-,14-,15-,16-/m1/s1. The van der Waals surface area contributed by atoms with Gasteiger partial charge in [0.2, 0.25) is 0 Å². The van der Waals surface area contributed by atoms with Crippen LogP contribution in [-0.2, 0) is 19.1 Å². The van der Waals surface area contributed by atoms with E-state index in [1.54, 1.807) is 13.1 Å². The average molecular weight is 293 g/mol. The zero-order valence-electron chi connectivity index (χ0n) is 13.0. The molecule has 2 aliphatic rings. The Balaban J connectivity index is 2.23. The number of allylic oxidation sites excluding steroid dienone is 2. The van der Waals surface area contributed by atoms with E-state index in [9.17, 15) is 9.59 Å². The summed E-state index contributed by atoms with van der Waals surface area (Å²) in [5, 5.41) is 0. The summed E-state index contributed by atoms with van der Waals surface area (Å²) in [6.07, 6.45) is 6.43. The first kappa shape index (κ1) is 15.8. The van der Waals surface area contributed by atoms with Gasteiger partial charge in [-0.05, 0) is 19.8 Å². The molecule has 0 saturated carbocycles. The summed E-state index contributed by atoms with van der Waals surface area (Å²) in [6.45, 7) is 7.05. The van der Waals surface area contributed by atoms with Crippen molar-refractivity contribution in [2.75, 3.05) is 0 Å². The Morgan fingerprint density at radius 2 is 2.14 bits per heavy atom. The SMILES string of the molecule is CC[C@H]1O[C@@H](N2C=CCC(C(C)=O)=C2)[C@H](OC(C)=O)[C@@H]1C. The molecule has 1 saturated heterocycles. The number of carbonyl (C=O) groups excluding carboxylic acids is 2. The molecule has 5 nitrogen and oxygen atoms in total. The van der Waals surface area contributed by atoms with Crippen LogP contribution in [0.5, 0.6) is 0 Å². The second kappa shape index (κ2) is 6.43. The summed E-state index contributed by atoms with van der Waals surface area (Å²) < 4.78 is 11.5. The first-order chi connectivity index (χ1) is 9.93. The maximum atomic E-state index is 11.5.